The third-order valence-corrected chi connectivity index (χ3v) is 4.86. The Labute approximate surface area is 201 Å². The number of methoxy groups -OCH3 is 1. The van der Waals surface area contributed by atoms with Gasteiger partial charge in [-0.1, -0.05) is 12.1 Å². The van der Waals surface area contributed by atoms with Crippen molar-refractivity contribution in [2.45, 2.75) is 19.0 Å². The van der Waals surface area contributed by atoms with Crippen molar-refractivity contribution in [2.24, 2.45) is 0 Å². The number of amides is 1. The van der Waals surface area contributed by atoms with Gasteiger partial charge in [-0.3, -0.25) is 9.78 Å². The summed E-state index contributed by atoms with van der Waals surface area (Å²) in [4.78, 5) is 43.7. The number of hydrogen-bond acceptors (Lipinski definition) is 8. The van der Waals surface area contributed by atoms with Crippen molar-refractivity contribution in [1.82, 2.24) is 15.3 Å². The molecule has 0 aliphatic rings. The van der Waals surface area contributed by atoms with Crippen LogP contribution in [0.3, 0.4) is 0 Å². The standard InChI is InChI=1S/C23H19F4N3O6/c1-35-21(33)18-19(31)16-15(10-13(11-29-16)9-12-3-5-14(24)6-4-12)17(30-18)20(32)28-7-2-8-36-22(34)23(25,26)27/h3-6,10-11,31H,2,7-9H2,1H3,(H,28,32). The van der Waals surface area contributed by atoms with E-state index in [4.69, 9.17) is 0 Å². The lowest BCUT2D eigenvalue weighted by Crippen LogP contribution is -2.29. The summed E-state index contributed by atoms with van der Waals surface area (Å²) in [7, 11) is 1.05. The van der Waals surface area contributed by atoms with Crippen molar-refractivity contribution >= 4 is 28.7 Å². The summed E-state index contributed by atoms with van der Waals surface area (Å²) in [5.74, 6) is -5.22. The molecule has 190 valence electrons. The number of ether oxygens (including phenoxy) is 2. The van der Waals surface area contributed by atoms with Gasteiger partial charge < -0.3 is 19.9 Å². The molecule has 0 aliphatic heterocycles. The summed E-state index contributed by atoms with van der Waals surface area (Å²) in [6.07, 6.45) is -3.56. The Bertz CT molecular complexity index is 1300. The Morgan fingerprint density at radius 2 is 1.78 bits per heavy atom. The molecule has 1 amide bonds. The number of aromatic hydroxyl groups is 1. The minimum Gasteiger partial charge on any atom is -0.504 e. The van der Waals surface area contributed by atoms with Gasteiger partial charge in [-0.15, -0.1) is 0 Å². The summed E-state index contributed by atoms with van der Waals surface area (Å²) < 4.78 is 58.4. The molecular weight excluding hydrogens is 490 g/mol. The Morgan fingerprint density at radius 1 is 1.08 bits per heavy atom. The first-order valence-electron chi connectivity index (χ1n) is 10.4. The van der Waals surface area contributed by atoms with E-state index in [1.807, 2.05) is 0 Å². The zero-order chi connectivity index (χ0) is 26.5. The van der Waals surface area contributed by atoms with Gasteiger partial charge in [-0.2, -0.15) is 13.2 Å². The fraction of sp³-hybridized carbons (Fsp3) is 0.261. The molecule has 13 heteroatoms. The molecule has 0 aliphatic carbocycles. The van der Waals surface area contributed by atoms with Gasteiger partial charge in [0.2, 0.25) is 0 Å². The molecule has 0 fully saturated rings. The molecule has 3 aromatic rings. The van der Waals surface area contributed by atoms with Crippen LogP contribution in [-0.4, -0.2) is 59.4 Å². The van der Waals surface area contributed by atoms with Crippen LogP contribution in [0.25, 0.3) is 10.9 Å². The third-order valence-electron chi connectivity index (χ3n) is 4.86. The molecule has 0 unspecified atom stereocenters. The normalized spacial score (nSPS) is 11.2. The van der Waals surface area contributed by atoms with Gasteiger partial charge in [0, 0.05) is 18.1 Å². The second-order valence-electron chi connectivity index (χ2n) is 7.44. The predicted octanol–water partition coefficient (Wildman–Crippen LogP) is 3.08. The average Bonchev–Trinajstić information content (AvgIpc) is 2.84. The van der Waals surface area contributed by atoms with Crippen molar-refractivity contribution < 1.29 is 46.5 Å². The van der Waals surface area contributed by atoms with Crippen molar-refractivity contribution in [3.05, 3.63) is 64.9 Å². The van der Waals surface area contributed by atoms with Gasteiger partial charge in [0.1, 0.15) is 17.0 Å². The monoisotopic (exact) mass is 509 g/mol. The number of alkyl halides is 3. The van der Waals surface area contributed by atoms with E-state index in [-0.39, 0.29) is 29.6 Å². The Balaban J connectivity index is 1.86. The number of halogens is 4. The summed E-state index contributed by atoms with van der Waals surface area (Å²) in [6, 6.07) is 7.21. The van der Waals surface area contributed by atoms with E-state index in [0.717, 1.165) is 12.7 Å². The number of aromatic nitrogens is 2. The second kappa shape index (κ2) is 11.0. The van der Waals surface area contributed by atoms with Crippen LogP contribution >= 0.6 is 0 Å². The quantitative estimate of drug-likeness (QED) is 0.270. The van der Waals surface area contributed by atoms with Crippen molar-refractivity contribution in [1.29, 1.82) is 0 Å². The molecule has 0 saturated heterocycles. The van der Waals surface area contributed by atoms with Crippen LogP contribution in [0.15, 0.2) is 36.5 Å². The maximum absolute atomic E-state index is 13.2. The Hall–Kier alpha value is -4.29. The summed E-state index contributed by atoms with van der Waals surface area (Å²) in [6.45, 7) is -0.788. The topological polar surface area (TPSA) is 128 Å². The first-order chi connectivity index (χ1) is 17.0. The molecule has 2 N–H and O–H groups in total. The van der Waals surface area contributed by atoms with Gasteiger partial charge in [0.25, 0.3) is 5.91 Å². The molecule has 0 saturated carbocycles. The number of carbonyl (C=O) groups excluding carboxylic acids is 3. The fourth-order valence-corrected chi connectivity index (χ4v) is 3.17. The van der Waals surface area contributed by atoms with E-state index < -0.39 is 47.9 Å². The van der Waals surface area contributed by atoms with Crippen LogP contribution in [-0.2, 0) is 20.7 Å². The highest BCUT2D eigenvalue weighted by Gasteiger charge is 2.40. The summed E-state index contributed by atoms with van der Waals surface area (Å²) in [5.41, 5.74) is 0.337. The number of hydrogen-bond donors (Lipinski definition) is 2. The zero-order valence-electron chi connectivity index (χ0n) is 18.7. The molecule has 3 rings (SSSR count). The van der Waals surface area contributed by atoms with Gasteiger partial charge in [-0.05, 0) is 42.2 Å². The SMILES string of the molecule is COC(=O)c1nc(C(=O)NCCCOC(=O)C(F)(F)F)c2cc(Cc3ccc(F)cc3)cnc2c1O. The van der Waals surface area contributed by atoms with Crippen molar-refractivity contribution in [3.8, 4) is 5.75 Å². The van der Waals surface area contributed by atoms with E-state index in [2.05, 4.69) is 24.8 Å². The highest BCUT2D eigenvalue weighted by Crippen LogP contribution is 2.29. The molecule has 2 aromatic heterocycles. The lowest BCUT2D eigenvalue weighted by Gasteiger charge is -2.12. The number of nitrogens with zero attached hydrogens (tertiary/aromatic N) is 2. The molecule has 36 heavy (non-hydrogen) atoms. The maximum Gasteiger partial charge on any atom is 0.490 e. The summed E-state index contributed by atoms with van der Waals surface area (Å²) in [5, 5.41) is 13.0. The molecule has 0 radical (unpaired) electrons. The smallest absolute Gasteiger partial charge is 0.490 e. The van der Waals surface area contributed by atoms with E-state index in [1.54, 1.807) is 12.1 Å². The molecule has 0 atom stereocenters. The number of rotatable bonds is 8. The molecule has 0 spiro atoms. The van der Waals surface area contributed by atoms with Crippen LogP contribution in [0.2, 0.25) is 0 Å². The minimum absolute atomic E-state index is 0.0840. The van der Waals surface area contributed by atoms with Crippen LogP contribution in [0.4, 0.5) is 17.6 Å². The molecule has 0 bridgehead atoms. The number of benzene rings is 1. The van der Waals surface area contributed by atoms with Crippen LogP contribution in [0.1, 0.15) is 38.5 Å². The largest absolute Gasteiger partial charge is 0.504 e. The average molecular weight is 509 g/mol. The van der Waals surface area contributed by atoms with Gasteiger partial charge >= 0.3 is 18.1 Å². The molecular formula is C23H19F4N3O6. The third kappa shape index (κ3) is 6.23. The number of pyridine rings is 2. The van der Waals surface area contributed by atoms with E-state index in [0.29, 0.717) is 12.0 Å². The number of nitrogens with one attached hydrogen (secondary N) is 1. The lowest BCUT2D eigenvalue weighted by atomic mass is 10.0. The summed E-state index contributed by atoms with van der Waals surface area (Å²) >= 11 is 0. The lowest BCUT2D eigenvalue weighted by molar-refractivity contribution is -0.199. The van der Waals surface area contributed by atoms with Gasteiger partial charge in [-0.25, -0.2) is 19.0 Å². The highest BCUT2D eigenvalue weighted by molar-refractivity contribution is 6.08. The molecule has 1 aromatic carbocycles. The molecule has 9 nitrogen and oxygen atoms in total. The van der Waals surface area contributed by atoms with Gasteiger partial charge in [0.15, 0.2) is 11.4 Å². The highest BCUT2D eigenvalue weighted by atomic mass is 19.4. The van der Waals surface area contributed by atoms with Crippen LogP contribution in [0.5, 0.6) is 5.75 Å². The van der Waals surface area contributed by atoms with E-state index >= 15 is 0 Å². The fourth-order valence-electron chi connectivity index (χ4n) is 3.17. The minimum atomic E-state index is -5.12. The van der Waals surface area contributed by atoms with Crippen molar-refractivity contribution in [3.63, 3.8) is 0 Å². The van der Waals surface area contributed by atoms with Gasteiger partial charge in [0.05, 0.1) is 13.7 Å². The zero-order valence-corrected chi connectivity index (χ0v) is 18.7. The van der Waals surface area contributed by atoms with Crippen molar-refractivity contribution in [2.75, 3.05) is 20.3 Å². The predicted molar refractivity (Wildman–Crippen MR) is 116 cm³/mol. The Morgan fingerprint density at radius 3 is 2.42 bits per heavy atom. The van der Waals surface area contributed by atoms with E-state index in [1.165, 1.54) is 24.4 Å². The van der Waals surface area contributed by atoms with E-state index in [9.17, 15) is 37.1 Å². The maximum atomic E-state index is 13.2. The van der Waals surface area contributed by atoms with Crippen LogP contribution in [0, 0.1) is 5.82 Å². The molecule has 2 heterocycles. The first kappa shape index (κ1) is 26.3. The number of carbonyl (C=O) groups is 3. The second-order valence-corrected chi connectivity index (χ2v) is 7.44. The first-order valence-corrected chi connectivity index (χ1v) is 10.4. The number of esters is 2. The Kier molecular flexibility index (Phi) is 8.02. The van der Waals surface area contributed by atoms with Crippen LogP contribution < -0.4 is 5.32 Å². The number of fused-ring (bicyclic) bond motifs is 1.